The van der Waals surface area contributed by atoms with Crippen molar-refractivity contribution >= 4 is 29.2 Å². The quantitative estimate of drug-likeness (QED) is 0.792. The molecule has 0 spiro atoms. The van der Waals surface area contributed by atoms with Crippen LogP contribution in [-0.4, -0.2) is 41.4 Å². The molecule has 0 aromatic carbocycles. The van der Waals surface area contributed by atoms with Gasteiger partial charge in [0, 0.05) is 23.3 Å². The van der Waals surface area contributed by atoms with Crippen molar-refractivity contribution in [2.45, 2.75) is 51.0 Å². The lowest BCUT2D eigenvalue weighted by Gasteiger charge is -2.38. The number of hydrogen-bond donors (Lipinski definition) is 2. The van der Waals surface area contributed by atoms with Crippen LogP contribution in [0.5, 0.6) is 0 Å². The van der Waals surface area contributed by atoms with Gasteiger partial charge < -0.3 is 10.2 Å². The first-order chi connectivity index (χ1) is 12.0. The van der Waals surface area contributed by atoms with Crippen LogP contribution in [0.1, 0.15) is 53.4 Å². The van der Waals surface area contributed by atoms with Gasteiger partial charge in [0.15, 0.2) is 0 Å². The van der Waals surface area contributed by atoms with Gasteiger partial charge in [0.1, 0.15) is 5.54 Å². The van der Waals surface area contributed by atoms with Gasteiger partial charge in [-0.2, -0.15) is 0 Å². The fourth-order valence-corrected chi connectivity index (χ4v) is 5.47. The number of hydrogen-bond acceptors (Lipinski definition) is 4. The summed E-state index contributed by atoms with van der Waals surface area (Å²) in [6, 6.07) is -0.420. The van der Waals surface area contributed by atoms with E-state index in [1.165, 1.54) is 23.3 Å². The normalized spacial score (nSPS) is 27.0. The van der Waals surface area contributed by atoms with E-state index in [0.29, 0.717) is 13.1 Å². The van der Waals surface area contributed by atoms with Crippen LogP contribution in [0.25, 0.3) is 0 Å². The van der Waals surface area contributed by atoms with Crippen molar-refractivity contribution in [1.82, 2.24) is 15.5 Å². The molecule has 25 heavy (non-hydrogen) atoms. The second-order valence-corrected chi connectivity index (χ2v) is 8.40. The van der Waals surface area contributed by atoms with Crippen molar-refractivity contribution in [2.75, 3.05) is 13.1 Å². The van der Waals surface area contributed by atoms with E-state index in [0.717, 1.165) is 31.2 Å². The van der Waals surface area contributed by atoms with Gasteiger partial charge >= 0.3 is 6.03 Å². The molecule has 2 N–H and O–H groups in total. The first-order valence-electron chi connectivity index (χ1n) is 9.01. The summed E-state index contributed by atoms with van der Waals surface area (Å²) < 4.78 is 0. The van der Waals surface area contributed by atoms with Gasteiger partial charge in [-0.1, -0.05) is 0 Å². The second kappa shape index (κ2) is 6.12. The van der Waals surface area contributed by atoms with E-state index in [1.807, 2.05) is 10.3 Å². The third kappa shape index (κ3) is 2.74. The van der Waals surface area contributed by atoms with E-state index in [4.69, 9.17) is 0 Å². The molecular weight excluding hydrogens is 338 g/mol. The Balaban J connectivity index is 1.44. The number of thiophene rings is 1. The highest BCUT2D eigenvalue weighted by Gasteiger charge is 2.48. The van der Waals surface area contributed by atoms with Crippen LogP contribution < -0.4 is 10.6 Å². The number of piperidine rings is 1. The topological polar surface area (TPSA) is 78.5 Å². The van der Waals surface area contributed by atoms with E-state index in [9.17, 15) is 14.4 Å². The van der Waals surface area contributed by atoms with E-state index < -0.39 is 11.6 Å². The van der Waals surface area contributed by atoms with Crippen LogP contribution in [0, 0.1) is 5.92 Å². The standard InChI is InChI=1S/C18H23N3O3S/c1-18(16(23)19-17(24)20-18)11-6-8-21(9-7-11)15(22)13-10-25-14-5-3-2-4-12(13)14/h10-11H,2-9H2,1H3,(H2,19,20,23,24)/t18-/m1/s1. The Hall–Kier alpha value is -1.89. The molecule has 0 saturated carbocycles. The average Bonchev–Trinajstić information content (AvgIpc) is 3.15. The first-order valence-corrected chi connectivity index (χ1v) is 9.89. The molecule has 1 aromatic rings. The molecular formula is C18H23N3O3S. The summed E-state index contributed by atoms with van der Waals surface area (Å²) in [4.78, 5) is 39.8. The largest absolute Gasteiger partial charge is 0.339 e. The van der Waals surface area contributed by atoms with Gasteiger partial charge in [0.05, 0.1) is 5.56 Å². The Labute approximate surface area is 151 Å². The Kier molecular flexibility index (Phi) is 4.06. The SMILES string of the molecule is C[C@]1(C2CCN(C(=O)c3csc4c3CCCC4)CC2)NC(=O)NC1=O. The predicted octanol–water partition coefficient (Wildman–Crippen LogP) is 2.08. The molecule has 0 radical (unpaired) electrons. The number of urea groups is 1. The molecule has 0 unspecified atom stereocenters. The van der Waals surface area contributed by atoms with Crippen molar-refractivity contribution in [3.63, 3.8) is 0 Å². The molecule has 4 amide bonds. The lowest BCUT2D eigenvalue weighted by molar-refractivity contribution is -0.125. The fraction of sp³-hybridized carbons (Fsp3) is 0.611. The average molecular weight is 361 g/mol. The molecule has 1 aliphatic carbocycles. The second-order valence-electron chi connectivity index (χ2n) is 7.44. The number of nitrogens with one attached hydrogen (secondary N) is 2. The maximum Gasteiger partial charge on any atom is 0.322 e. The van der Waals surface area contributed by atoms with Crippen molar-refractivity contribution in [3.05, 3.63) is 21.4 Å². The van der Waals surface area contributed by atoms with Crippen LogP contribution in [0.4, 0.5) is 4.79 Å². The number of nitrogens with zero attached hydrogens (tertiary/aromatic N) is 1. The molecule has 2 aliphatic heterocycles. The Morgan fingerprint density at radius 2 is 1.96 bits per heavy atom. The lowest BCUT2D eigenvalue weighted by atomic mass is 9.79. The Morgan fingerprint density at radius 1 is 1.24 bits per heavy atom. The van der Waals surface area contributed by atoms with Crippen LogP contribution in [0.15, 0.2) is 5.38 Å². The summed E-state index contributed by atoms with van der Waals surface area (Å²) in [7, 11) is 0. The molecule has 0 bridgehead atoms. The van der Waals surface area contributed by atoms with Gasteiger partial charge in [0.2, 0.25) is 0 Å². The molecule has 134 valence electrons. The minimum Gasteiger partial charge on any atom is -0.339 e. The molecule has 3 heterocycles. The summed E-state index contributed by atoms with van der Waals surface area (Å²) in [6.07, 6.45) is 5.95. The van der Waals surface area contributed by atoms with Gasteiger partial charge in [0.25, 0.3) is 11.8 Å². The highest BCUT2D eigenvalue weighted by atomic mass is 32.1. The van der Waals surface area contributed by atoms with Crippen LogP contribution >= 0.6 is 11.3 Å². The predicted molar refractivity (Wildman–Crippen MR) is 94.7 cm³/mol. The summed E-state index contributed by atoms with van der Waals surface area (Å²) in [5, 5.41) is 7.11. The Bertz CT molecular complexity index is 736. The number of carbonyl (C=O) groups is 3. The molecule has 3 aliphatic rings. The fourth-order valence-electron chi connectivity index (χ4n) is 4.35. The monoisotopic (exact) mass is 361 g/mol. The zero-order valence-electron chi connectivity index (χ0n) is 14.4. The number of rotatable bonds is 2. The van der Waals surface area contributed by atoms with Gasteiger partial charge in [-0.3, -0.25) is 14.9 Å². The minimum absolute atomic E-state index is 0.0550. The van der Waals surface area contributed by atoms with Crippen molar-refractivity contribution in [3.8, 4) is 0 Å². The number of aryl methyl sites for hydroxylation is 1. The smallest absolute Gasteiger partial charge is 0.322 e. The van der Waals surface area contributed by atoms with Crippen LogP contribution in [0.3, 0.4) is 0 Å². The number of imide groups is 1. The van der Waals surface area contributed by atoms with Crippen molar-refractivity contribution in [2.24, 2.45) is 5.92 Å². The number of likely N-dealkylation sites (tertiary alicyclic amines) is 1. The number of carbonyl (C=O) groups excluding carboxylic acids is 3. The first kappa shape index (κ1) is 16.6. The summed E-state index contributed by atoms with van der Waals surface area (Å²) >= 11 is 1.72. The number of amides is 4. The molecule has 1 aromatic heterocycles. The van der Waals surface area contributed by atoms with E-state index in [1.54, 1.807) is 18.3 Å². The Morgan fingerprint density at radius 3 is 2.64 bits per heavy atom. The maximum absolute atomic E-state index is 12.9. The lowest BCUT2D eigenvalue weighted by Crippen LogP contribution is -2.54. The van der Waals surface area contributed by atoms with E-state index in [2.05, 4.69) is 10.6 Å². The highest BCUT2D eigenvalue weighted by Crippen LogP contribution is 2.34. The zero-order chi connectivity index (χ0) is 17.6. The van der Waals surface area contributed by atoms with Crippen LogP contribution in [-0.2, 0) is 17.6 Å². The van der Waals surface area contributed by atoms with Gasteiger partial charge in [-0.05, 0) is 56.9 Å². The summed E-state index contributed by atoms with van der Waals surface area (Å²) in [6.45, 7) is 3.05. The minimum atomic E-state index is -0.853. The molecule has 2 saturated heterocycles. The molecule has 2 fully saturated rings. The zero-order valence-corrected chi connectivity index (χ0v) is 15.2. The summed E-state index contributed by atoms with van der Waals surface area (Å²) in [5.74, 6) is -0.0727. The molecule has 7 heteroatoms. The molecule has 1 atom stereocenters. The number of fused-ring (bicyclic) bond motifs is 1. The molecule has 4 rings (SSSR count). The van der Waals surface area contributed by atoms with E-state index >= 15 is 0 Å². The van der Waals surface area contributed by atoms with Gasteiger partial charge in [-0.15, -0.1) is 11.3 Å². The summed E-state index contributed by atoms with van der Waals surface area (Å²) in [5.41, 5.74) is 1.29. The van der Waals surface area contributed by atoms with Crippen LogP contribution in [0.2, 0.25) is 0 Å². The van der Waals surface area contributed by atoms with E-state index in [-0.39, 0.29) is 17.7 Å². The third-order valence-electron chi connectivity index (χ3n) is 5.96. The third-order valence-corrected chi connectivity index (χ3v) is 7.05. The highest BCUT2D eigenvalue weighted by molar-refractivity contribution is 7.10. The van der Waals surface area contributed by atoms with Crippen molar-refractivity contribution < 1.29 is 14.4 Å². The molecule has 6 nitrogen and oxygen atoms in total. The van der Waals surface area contributed by atoms with Gasteiger partial charge in [-0.25, -0.2) is 4.79 Å². The van der Waals surface area contributed by atoms with Crippen molar-refractivity contribution in [1.29, 1.82) is 0 Å². The maximum atomic E-state index is 12.9.